The number of aromatic nitrogens is 2. The molecule has 0 aliphatic heterocycles. The Hall–Kier alpha value is -1.63. The molecule has 2 heterocycles. The van der Waals surface area contributed by atoms with Gasteiger partial charge in [-0.15, -0.1) is 11.3 Å². The van der Waals surface area contributed by atoms with Crippen molar-refractivity contribution < 1.29 is 9.90 Å². The molecule has 4 nitrogen and oxygen atoms in total. The Morgan fingerprint density at radius 1 is 1.24 bits per heavy atom. The van der Waals surface area contributed by atoms with E-state index in [1.54, 1.807) is 28.9 Å². The van der Waals surface area contributed by atoms with Crippen LogP contribution in [-0.4, -0.2) is 20.9 Å². The number of hydrogen-bond donors (Lipinski definition) is 1. The second kappa shape index (κ2) is 5.63. The van der Waals surface area contributed by atoms with Crippen LogP contribution >= 0.6 is 38.9 Å². The molecule has 3 rings (SSSR count). The second-order valence-corrected chi connectivity index (χ2v) is 7.12. The Morgan fingerprint density at radius 2 is 1.95 bits per heavy atom. The first kappa shape index (κ1) is 14.3. The van der Waals surface area contributed by atoms with E-state index in [4.69, 9.17) is 11.6 Å². The summed E-state index contributed by atoms with van der Waals surface area (Å²) in [4.78, 5) is 12.2. The van der Waals surface area contributed by atoms with Gasteiger partial charge in [0.2, 0.25) is 0 Å². The molecule has 106 valence electrons. The van der Waals surface area contributed by atoms with Crippen molar-refractivity contribution in [3.05, 3.63) is 57.0 Å². The van der Waals surface area contributed by atoms with Gasteiger partial charge < -0.3 is 5.11 Å². The lowest BCUT2D eigenvalue weighted by molar-refractivity contribution is 0.0697. The molecule has 0 saturated heterocycles. The van der Waals surface area contributed by atoms with Gasteiger partial charge in [0.1, 0.15) is 11.3 Å². The normalized spacial score (nSPS) is 10.8. The fourth-order valence-electron chi connectivity index (χ4n) is 1.88. The van der Waals surface area contributed by atoms with Gasteiger partial charge in [0, 0.05) is 11.2 Å². The minimum atomic E-state index is -1.00. The fraction of sp³-hybridized carbons (Fsp3) is 0. The molecule has 0 spiro atoms. The largest absolute Gasteiger partial charge is 0.478 e. The summed E-state index contributed by atoms with van der Waals surface area (Å²) in [5.41, 5.74) is 1.37. The lowest BCUT2D eigenvalue weighted by Crippen LogP contribution is -1.96. The Kier molecular flexibility index (Phi) is 3.84. The first-order valence-corrected chi connectivity index (χ1v) is 7.88. The zero-order chi connectivity index (χ0) is 15.0. The summed E-state index contributed by atoms with van der Waals surface area (Å²) in [6.45, 7) is 0. The van der Waals surface area contributed by atoms with Gasteiger partial charge in [-0.1, -0.05) is 11.6 Å². The number of aromatic carboxylic acids is 1. The summed E-state index contributed by atoms with van der Waals surface area (Å²) in [6.07, 6.45) is 1.51. The van der Waals surface area contributed by atoms with E-state index in [0.717, 1.165) is 14.4 Å². The van der Waals surface area contributed by atoms with Gasteiger partial charge in [-0.3, -0.25) is 0 Å². The third-order valence-corrected chi connectivity index (χ3v) is 4.72. The van der Waals surface area contributed by atoms with Gasteiger partial charge >= 0.3 is 5.97 Å². The molecule has 0 fully saturated rings. The first-order valence-electron chi connectivity index (χ1n) is 5.89. The van der Waals surface area contributed by atoms with E-state index in [1.165, 1.54) is 17.5 Å². The number of nitrogens with zero attached hydrogens (tertiary/aromatic N) is 2. The quantitative estimate of drug-likeness (QED) is 0.712. The Balaban J connectivity index is 2.12. The minimum absolute atomic E-state index is 0.166. The monoisotopic (exact) mass is 382 g/mol. The molecule has 1 aromatic carbocycles. The predicted octanol–water partition coefficient (Wildman–Crippen LogP) is 4.71. The standard InChI is InChI=1S/C14H8BrClN2O2S/c15-12-6-5-11(21-12)13-10(14(19)20)7-18(17-13)9-3-1-8(16)2-4-9/h1-7H,(H,19,20). The number of halogens is 2. The molecule has 21 heavy (non-hydrogen) atoms. The maximum Gasteiger partial charge on any atom is 0.339 e. The lowest BCUT2D eigenvalue weighted by Gasteiger charge is -2.00. The molecule has 7 heteroatoms. The third-order valence-electron chi connectivity index (χ3n) is 2.84. The highest BCUT2D eigenvalue weighted by Crippen LogP contribution is 2.33. The van der Waals surface area contributed by atoms with Crippen LogP contribution in [0.25, 0.3) is 16.3 Å². The van der Waals surface area contributed by atoms with Crippen molar-refractivity contribution in [1.29, 1.82) is 0 Å². The molecule has 0 aliphatic carbocycles. The van der Waals surface area contributed by atoms with E-state index in [2.05, 4.69) is 21.0 Å². The van der Waals surface area contributed by atoms with Gasteiger partial charge in [0.15, 0.2) is 0 Å². The van der Waals surface area contributed by atoms with Crippen molar-refractivity contribution in [1.82, 2.24) is 9.78 Å². The Labute approximate surface area is 137 Å². The average molecular weight is 384 g/mol. The van der Waals surface area contributed by atoms with Crippen molar-refractivity contribution in [3.8, 4) is 16.3 Å². The Bertz CT molecular complexity index is 811. The zero-order valence-corrected chi connectivity index (χ0v) is 13.6. The van der Waals surface area contributed by atoms with E-state index in [9.17, 15) is 9.90 Å². The molecule has 3 aromatic rings. The summed E-state index contributed by atoms with van der Waals surface area (Å²) in [6, 6.07) is 10.8. The highest BCUT2D eigenvalue weighted by atomic mass is 79.9. The summed E-state index contributed by atoms with van der Waals surface area (Å²) in [5, 5.41) is 14.4. The molecule has 2 aromatic heterocycles. The number of carbonyl (C=O) groups is 1. The minimum Gasteiger partial charge on any atom is -0.478 e. The van der Waals surface area contributed by atoms with Crippen molar-refractivity contribution >= 4 is 44.8 Å². The molecular formula is C14H8BrClN2O2S. The van der Waals surface area contributed by atoms with Crippen molar-refractivity contribution in [2.45, 2.75) is 0 Å². The molecule has 0 amide bonds. The van der Waals surface area contributed by atoms with Crippen molar-refractivity contribution in [3.63, 3.8) is 0 Å². The van der Waals surface area contributed by atoms with E-state index in [0.29, 0.717) is 10.7 Å². The topological polar surface area (TPSA) is 55.1 Å². The van der Waals surface area contributed by atoms with E-state index < -0.39 is 5.97 Å². The zero-order valence-electron chi connectivity index (χ0n) is 10.5. The summed E-state index contributed by atoms with van der Waals surface area (Å²) < 4.78 is 2.47. The number of rotatable bonds is 3. The van der Waals surface area contributed by atoms with Gasteiger partial charge in [0.25, 0.3) is 0 Å². The molecule has 0 bridgehead atoms. The fourth-order valence-corrected chi connectivity index (χ4v) is 3.39. The smallest absolute Gasteiger partial charge is 0.339 e. The average Bonchev–Trinajstić information content (AvgIpc) is 3.05. The molecular weight excluding hydrogens is 376 g/mol. The number of carboxylic acids is 1. The highest BCUT2D eigenvalue weighted by molar-refractivity contribution is 9.11. The van der Waals surface area contributed by atoms with Crippen LogP contribution in [-0.2, 0) is 0 Å². The number of thiophene rings is 1. The van der Waals surface area contributed by atoms with Crippen molar-refractivity contribution in [2.24, 2.45) is 0 Å². The number of hydrogen-bond acceptors (Lipinski definition) is 3. The van der Waals surface area contributed by atoms with E-state index >= 15 is 0 Å². The van der Waals surface area contributed by atoms with Crippen LogP contribution in [0.5, 0.6) is 0 Å². The molecule has 0 saturated carbocycles. The van der Waals surface area contributed by atoms with Gasteiger partial charge in [-0.2, -0.15) is 5.10 Å². The number of carboxylic acid groups (broad SMARTS) is 1. The second-order valence-electron chi connectivity index (χ2n) is 4.22. The molecule has 0 unspecified atom stereocenters. The molecule has 0 atom stereocenters. The lowest BCUT2D eigenvalue weighted by atomic mass is 10.2. The van der Waals surface area contributed by atoms with Crippen LogP contribution in [0, 0.1) is 0 Å². The van der Waals surface area contributed by atoms with E-state index in [-0.39, 0.29) is 5.56 Å². The van der Waals surface area contributed by atoms with Crippen LogP contribution in [0.3, 0.4) is 0 Å². The van der Waals surface area contributed by atoms with Gasteiger partial charge in [-0.05, 0) is 52.3 Å². The van der Waals surface area contributed by atoms with Crippen LogP contribution in [0.2, 0.25) is 5.02 Å². The Morgan fingerprint density at radius 3 is 2.52 bits per heavy atom. The summed E-state index contributed by atoms with van der Waals surface area (Å²) >= 11 is 10.7. The maximum atomic E-state index is 11.4. The van der Waals surface area contributed by atoms with Crippen LogP contribution in [0.1, 0.15) is 10.4 Å². The van der Waals surface area contributed by atoms with Crippen LogP contribution in [0.15, 0.2) is 46.4 Å². The highest BCUT2D eigenvalue weighted by Gasteiger charge is 2.19. The van der Waals surface area contributed by atoms with Crippen LogP contribution < -0.4 is 0 Å². The predicted molar refractivity (Wildman–Crippen MR) is 86.5 cm³/mol. The molecule has 0 radical (unpaired) electrons. The number of benzene rings is 1. The molecule has 1 N–H and O–H groups in total. The van der Waals surface area contributed by atoms with E-state index in [1.807, 2.05) is 12.1 Å². The SMILES string of the molecule is O=C(O)c1cn(-c2ccc(Cl)cc2)nc1-c1ccc(Br)s1. The summed E-state index contributed by atoms with van der Waals surface area (Å²) in [5.74, 6) is -1.00. The van der Waals surface area contributed by atoms with Gasteiger partial charge in [0.05, 0.1) is 14.4 Å². The van der Waals surface area contributed by atoms with Crippen LogP contribution in [0.4, 0.5) is 0 Å². The third kappa shape index (κ3) is 2.88. The maximum absolute atomic E-state index is 11.4. The van der Waals surface area contributed by atoms with Gasteiger partial charge in [-0.25, -0.2) is 9.48 Å². The van der Waals surface area contributed by atoms with Crippen molar-refractivity contribution in [2.75, 3.05) is 0 Å². The first-order chi connectivity index (χ1) is 10.0. The summed E-state index contributed by atoms with van der Waals surface area (Å²) in [7, 11) is 0. The molecule has 0 aliphatic rings.